The minimum Gasteiger partial charge on any atom is -0.406 e. The molecule has 4 nitrogen and oxygen atoms in total. The molecule has 0 aliphatic heterocycles. The van der Waals surface area contributed by atoms with E-state index >= 15 is 0 Å². The van der Waals surface area contributed by atoms with Gasteiger partial charge in [0.15, 0.2) is 5.69 Å². The molecule has 0 atom stereocenters. The van der Waals surface area contributed by atoms with Crippen LogP contribution in [0.15, 0.2) is 42.6 Å². The van der Waals surface area contributed by atoms with E-state index in [1.807, 2.05) is 0 Å². The monoisotopic (exact) mass is 385 g/mol. The van der Waals surface area contributed by atoms with Crippen molar-refractivity contribution >= 4 is 5.52 Å². The molecule has 0 saturated carbocycles. The van der Waals surface area contributed by atoms with Crippen LogP contribution in [0.25, 0.3) is 16.6 Å². The zero-order valence-electron chi connectivity index (χ0n) is 13.3. The van der Waals surface area contributed by atoms with Crippen LogP contribution >= 0.6 is 0 Å². The Morgan fingerprint density at radius 1 is 0.963 bits per heavy atom. The highest BCUT2D eigenvalue weighted by molar-refractivity contribution is 5.68. The van der Waals surface area contributed by atoms with Crippen molar-refractivity contribution in [3.8, 4) is 22.9 Å². The maximum atomic E-state index is 12.7. The van der Waals surface area contributed by atoms with Gasteiger partial charge in [0.2, 0.25) is 0 Å². The predicted octanol–water partition coefficient (Wildman–Crippen LogP) is 4.88. The van der Waals surface area contributed by atoms with Gasteiger partial charge in [0.25, 0.3) is 0 Å². The fourth-order valence-corrected chi connectivity index (χ4v) is 2.55. The molecule has 140 valence electrons. The highest BCUT2D eigenvalue weighted by Gasteiger charge is 2.31. The second kappa shape index (κ2) is 6.50. The smallest absolute Gasteiger partial charge is 0.406 e. The summed E-state index contributed by atoms with van der Waals surface area (Å²) in [6.45, 7) is 0. The van der Waals surface area contributed by atoms with E-state index in [2.05, 4.69) is 9.72 Å². The van der Waals surface area contributed by atoms with E-state index in [0.29, 0.717) is 11.1 Å². The number of hydrogen-bond donors (Lipinski definition) is 0. The van der Waals surface area contributed by atoms with E-state index in [0.717, 1.165) is 16.5 Å². The van der Waals surface area contributed by atoms with Crippen LogP contribution < -0.4 is 4.74 Å². The number of rotatable bonds is 3. The highest BCUT2D eigenvalue weighted by atomic mass is 19.4. The van der Waals surface area contributed by atoms with Crippen LogP contribution in [-0.2, 0) is 6.42 Å². The molecule has 0 aliphatic rings. The average molecular weight is 385 g/mol. The third-order valence-corrected chi connectivity index (χ3v) is 3.60. The minimum atomic E-state index is -4.82. The fourth-order valence-electron chi connectivity index (χ4n) is 2.55. The zero-order chi connectivity index (χ0) is 19.8. The molecule has 3 rings (SSSR count). The number of halogens is 6. The van der Waals surface area contributed by atoms with E-state index in [9.17, 15) is 26.3 Å². The van der Waals surface area contributed by atoms with Gasteiger partial charge in [-0.1, -0.05) is 18.2 Å². The van der Waals surface area contributed by atoms with Gasteiger partial charge in [-0.2, -0.15) is 18.4 Å². The number of nitriles is 1. The second-order valence-corrected chi connectivity index (χ2v) is 5.53. The molecule has 0 saturated heterocycles. The number of benzene rings is 1. The first-order valence-electron chi connectivity index (χ1n) is 7.40. The van der Waals surface area contributed by atoms with Crippen molar-refractivity contribution in [3.05, 3.63) is 54.1 Å². The highest BCUT2D eigenvalue weighted by Crippen LogP contribution is 2.28. The van der Waals surface area contributed by atoms with Crippen LogP contribution in [-0.4, -0.2) is 21.9 Å². The van der Waals surface area contributed by atoms with E-state index < -0.39 is 24.7 Å². The zero-order valence-corrected chi connectivity index (χ0v) is 13.3. The Morgan fingerprint density at radius 2 is 1.59 bits per heavy atom. The van der Waals surface area contributed by atoms with E-state index in [-0.39, 0.29) is 17.0 Å². The molecule has 1 aromatic carbocycles. The van der Waals surface area contributed by atoms with Gasteiger partial charge in [-0.25, -0.2) is 4.98 Å². The molecule has 3 aromatic rings. The molecule has 10 heteroatoms. The first-order valence-corrected chi connectivity index (χ1v) is 7.40. The first kappa shape index (κ1) is 18.6. The summed E-state index contributed by atoms with van der Waals surface area (Å²) < 4.78 is 79.8. The van der Waals surface area contributed by atoms with E-state index in [4.69, 9.17) is 5.26 Å². The topological polar surface area (TPSA) is 50.3 Å². The van der Waals surface area contributed by atoms with Crippen molar-refractivity contribution in [2.24, 2.45) is 0 Å². The summed E-state index contributed by atoms with van der Waals surface area (Å²) in [4.78, 5) is 3.72. The summed E-state index contributed by atoms with van der Waals surface area (Å²) in [7, 11) is 0. The molecule has 0 spiro atoms. The van der Waals surface area contributed by atoms with Crippen LogP contribution in [0.3, 0.4) is 0 Å². The quantitative estimate of drug-likeness (QED) is 0.604. The minimum absolute atomic E-state index is 0.144. The van der Waals surface area contributed by atoms with Gasteiger partial charge < -0.3 is 9.14 Å². The lowest BCUT2D eigenvalue weighted by molar-refractivity contribution is -0.274. The molecule has 0 amide bonds. The van der Waals surface area contributed by atoms with Gasteiger partial charge in [-0.3, -0.25) is 0 Å². The van der Waals surface area contributed by atoms with Crippen molar-refractivity contribution < 1.29 is 31.1 Å². The molecular weight excluding hydrogens is 376 g/mol. The third kappa shape index (κ3) is 4.31. The molecule has 0 unspecified atom stereocenters. The standard InChI is InChI=1S/C17H9F6N3O/c18-16(19,20)7-15-25-13(8-24)14-6-3-11(9-26(14)15)10-1-4-12(5-2-10)27-17(21,22)23/h1-6,9H,7H2. The molecule has 0 bridgehead atoms. The lowest BCUT2D eigenvalue weighted by Gasteiger charge is -2.10. The van der Waals surface area contributed by atoms with Crippen LogP contribution in [0.2, 0.25) is 0 Å². The fraction of sp³-hybridized carbons (Fsp3) is 0.176. The molecular formula is C17H9F6N3O. The Balaban J connectivity index is 2.01. The summed E-state index contributed by atoms with van der Waals surface area (Å²) in [5.74, 6) is -0.771. The van der Waals surface area contributed by atoms with Crippen LogP contribution in [0.5, 0.6) is 5.75 Å². The Labute approximate surface area is 148 Å². The maximum Gasteiger partial charge on any atom is 0.573 e. The normalized spacial score (nSPS) is 12.2. The number of aromatic nitrogens is 2. The van der Waals surface area contributed by atoms with E-state index in [1.165, 1.54) is 30.5 Å². The third-order valence-electron chi connectivity index (χ3n) is 3.60. The number of fused-ring (bicyclic) bond motifs is 1. The van der Waals surface area contributed by atoms with Crippen LogP contribution in [0.1, 0.15) is 11.5 Å². The lowest BCUT2D eigenvalue weighted by atomic mass is 10.1. The molecule has 0 aliphatic carbocycles. The largest absolute Gasteiger partial charge is 0.573 e. The Morgan fingerprint density at radius 3 is 2.15 bits per heavy atom. The molecule has 2 aromatic heterocycles. The van der Waals surface area contributed by atoms with Crippen LogP contribution in [0.4, 0.5) is 26.3 Å². The predicted molar refractivity (Wildman–Crippen MR) is 81.8 cm³/mol. The van der Waals surface area contributed by atoms with Crippen molar-refractivity contribution in [2.75, 3.05) is 0 Å². The summed E-state index contributed by atoms with van der Waals surface area (Å²) >= 11 is 0. The number of imidazole rings is 1. The van der Waals surface area contributed by atoms with Gasteiger partial charge in [0.1, 0.15) is 24.1 Å². The average Bonchev–Trinajstić information content (AvgIpc) is 2.89. The van der Waals surface area contributed by atoms with Gasteiger partial charge in [-0.05, 0) is 29.3 Å². The summed E-state index contributed by atoms with van der Waals surface area (Å²) in [6, 6.07) is 9.58. The van der Waals surface area contributed by atoms with Crippen LogP contribution in [0, 0.1) is 11.3 Å². The van der Waals surface area contributed by atoms with E-state index in [1.54, 1.807) is 6.07 Å². The Bertz CT molecular complexity index is 1010. The number of hydrogen-bond acceptors (Lipinski definition) is 3. The molecule has 0 radical (unpaired) electrons. The number of nitrogens with zero attached hydrogens (tertiary/aromatic N) is 3. The van der Waals surface area contributed by atoms with Crippen molar-refractivity contribution in [1.29, 1.82) is 5.26 Å². The molecule has 2 heterocycles. The maximum absolute atomic E-state index is 12.7. The SMILES string of the molecule is N#Cc1nc(CC(F)(F)F)n2cc(-c3ccc(OC(F)(F)F)cc3)ccc12. The molecule has 0 fully saturated rings. The van der Waals surface area contributed by atoms with Gasteiger partial charge in [0.05, 0.1) is 5.52 Å². The Hall–Kier alpha value is -3.22. The van der Waals surface area contributed by atoms with Gasteiger partial charge in [-0.15, -0.1) is 13.2 Å². The first-order chi connectivity index (χ1) is 12.6. The summed E-state index contributed by atoms with van der Waals surface area (Å²) in [5, 5.41) is 9.04. The lowest BCUT2D eigenvalue weighted by Crippen LogP contribution is -2.16. The summed E-state index contributed by atoms with van der Waals surface area (Å²) in [6.07, 6.45) is -9.31. The number of alkyl halides is 6. The van der Waals surface area contributed by atoms with Gasteiger partial charge >= 0.3 is 12.5 Å². The van der Waals surface area contributed by atoms with Crippen molar-refractivity contribution in [1.82, 2.24) is 9.38 Å². The number of pyridine rings is 1. The summed E-state index contributed by atoms with van der Waals surface area (Å²) in [5.41, 5.74) is 0.954. The molecule has 27 heavy (non-hydrogen) atoms. The number of ether oxygens (including phenoxy) is 1. The second-order valence-electron chi connectivity index (χ2n) is 5.53. The van der Waals surface area contributed by atoms with Gasteiger partial charge in [0, 0.05) is 6.20 Å². The van der Waals surface area contributed by atoms with Crippen molar-refractivity contribution in [3.63, 3.8) is 0 Å². The molecule has 0 N–H and O–H groups in total. The Kier molecular flexibility index (Phi) is 4.47. The van der Waals surface area contributed by atoms with Crippen molar-refractivity contribution in [2.45, 2.75) is 19.0 Å².